The summed E-state index contributed by atoms with van der Waals surface area (Å²) >= 11 is 0. The molecule has 1 saturated heterocycles. The fourth-order valence-corrected chi connectivity index (χ4v) is 2.13. The van der Waals surface area contributed by atoms with E-state index in [0.29, 0.717) is 13.2 Å². The molecule has 19 heavy (non-hydrogen) atoms. The van der Waals surface area contributed by atoms with E-state index >= 15 is 0 Å². The van der Waals surface area contributed by atoms with Gasteiger partial charge in [0, 0.05) is 12.6 Å². The van der Waals surface area contributed by atoms with E-state index in [1.807, 2.05) is 0 Å². The van der Waals surface area contributed by atoms with Crippen molar-refractivity contribution in [2.45, 2.75) is 31.9 Å². The van der Waals surface area contributed by atoms with Gasteiger partial charge in [0.05, 0.1) is 6.61 Å². The summed E-state index contributed by atoms with van der Waals surface area (Å²) in [6.07, 6.45) is 1.52. The first kappa shape index (κ1) is 14.2. The standard InChI is InChI=1S/C14H19F2NO2/c1-2-7-17-11-6-8-18-9-13(11)19-12-5-3-4-10(15)14(12)16/h3-5,11,13,17H,2,6-9H2,1H3. The van der Waals surface area contributed by atoms with Crippen LogP contribution in [0.15, 0.2) is 18.2 Å². The Balaban J connectivity index is 2.04. The molecule has 1 aliphatic rings. The van der Waals surface area contributed by atoms with Crippen LogP contribution in [-0.4, -0.2) is 31.9 Å². The Kier molecular flexibility index (Phi) is 5.10. The molecule has 2 unspecified atom stereocenters. The van der Waals surface area contributed by atoms with Crippen LogP contribution in [-0.2, 0) is 4.74 Å². The zero-order chi connectivity index (χ0) is 13.7. The van der Waals surface area contributed by atoms with Gasteiger partial charge in [0.25, 0.3) is 0 Å². The molecule has 1 N–H and O–H groups in total. The van der Waals surface area contributed by atoms with E-state index in [2.05, 4.69) is 12.2 Å². The fourth-order valence-electron chi connectivity index (χ4n) is 2.13. The second-order valence-electron chi connectivity index (χ2n) is 4.63. The van der Waals surface area contributed by atoms with Crippen molar-refractivity contribution in [3.05, 3.63) is 29.8 Å². The Hall–Kier alpha value is -1.20. The van der Waals surface area contributed by atoms with E-state index in [1.54, 1.807) is 0 Å². The molecule has 3 nitrogen and oxygen atoms in total. The number of hydrogen-bond acceptors (Lipinski definition) is 3. The summed E-state index contributed by atoms with van der Waals surface area (Å²) in [5, 5.41) is 3.35. The smallest absolute Gasteiger partial charge is 0.200 e. The highest BCUT2D eigenvalue weighted by molar-refractivity contribution is 5.25. The third kappa shape index (κ3) is 3.64. The fraction of sp³-hybridized carbons (Fsp3) is 0.571. The van der Waals surface area contributed by atoms with Gasteiger partial charge in [-0.3, -0.25) is 0 Å². The predicted octanol–water partition coefficient (Wildman–Crippen LogP) is 2.50. The molecular formula is C14H19F2NO2. The van der Waals surface area contributed by atoms with Crippen LogP contribution >= 0.6 is 0 Å². The van der Waals surface area contributed by atoms with Crippen molar-refractivity contribution in [3.63, 3.8) is 0 Å². The maximum absolute atomic E-state index is 13.6. The molecule has 1 heterocycles. The molecule has 0 saturated carbocycles. The molecule has 0 spiro atoms. The Morgan fingerprint density at radius 3 is 3.05 bits per heavy atom. The van der Waals surface area contributed by atoms with Gasteiger partial charge in [0.1, 0.15) is 6.10 Å². The lowest BCUT2D eigenvalue weighted by molar-refractivity contribution is -0.0162. The number of nitrogens with one attached hydrogen (secondary N) is 1. The van der Waals surface area contributed by atoms with Gasteiger partial charge in [-0.2, -0.15) is 4.39 Å². The van der Waals surface area contributed by atoms with E-state index < -0.39 is 11.6 Å². The molecule has 0 radical (unpaired) electrons. The van der Waals surface area contributed by atoms with Gasteiger partial charge in [0.15, 0.2) is 11.6 Å². The van der Waals surface area contributed by atoms with Gasteiger partial charge in [0.2, 0.25) is 5.82 Å². The van der Waals surface area contributed by atoms with E-state index in [4.69, 9.17) is 9.47 Å². The molecular weight excluding hydrogens is 252 g/mol. The summed E-state index contributed by atoms with van der Waals surface area (Å²) in [5.41, 5.74) is 0. The topological polar surface area (TPSA) is 30.5 Å². The van der Waals surface area contributed by atoms with Crippen LogP contribution in [0.5, 0.6) is 5.75 Å². The average molecular weight is 271 g/mol. The first-order valence-corrected chi connectivity index (χ1v) is 6.64. The first-order valence-electron chi connectivity index (χ1n) is 6.64. The summed E-state index contributed by atoms with van der Waals surface area (Å²) < 4.78 is 37.6. The van der Waals surface area contributed by atoms with Crippen LogP contribution in [0.4, 0.5) is 8.78 Å². The molecule has 5 heteroatoms. The SMILES string of the molecule is CCCNC1CCOCC1Oc1cccc(F)c1F. The highest BCUT2D eigenvalue weighted by Crippen LogP contribution is 2.23. The number of benzene rings is 1. The summed E-state index contributed by atoms with van der Waals surface area (Å²) in [5.74, 6) is -1.89. The predicted molar refractivity (Wildman–Crippen MR) is 68.3 cm³/mol. The Morgan fingerprint density at radius 1 is 1.42 bits per heavy atom. The molecule has 2 rings (SSSR count). The third-order valence-corrected chi connectivity index (χ3v) is 3.16. The van der Waals surface area contributed by atoms with Crippen molar-refractivity contribution in [3.8, 4) is 5.75 Å². The van der Waals surface area contributed by atoms with Crippen molar-refractivity contribution in [2.24, 2.45) is 0 Å². The minimum atomic E-state index is -0.942. The van der Waals surface area contributed by atoms with E-state index in [0.717, 1.165) is 25.5 Å². The van der Waals surface area contributed by atoms with E-state index in [-0.39, 0.29) is 17.9 Å². The number of ether oxygens (including phenoxy) is 2. The maximum atomic E-state index is 13.6. The quantitative estimate of drug-likeness (QED) is 0.892. The highest BCUT2D eigenvalue weighted by atomic mass is 19.2. The van der Waals surface area contributed by atoms with Gasteiger partial charge in [-0.15, -0.1) is 0 Å². The van der Waals surface area contributed by atoms with Crippen LogP contribution in [0.1, 0.15) is 19.8 Å². The van der Waals surface area contributed by atoms with Crippen LogP contribution in [0.2, 0.25) is 0 Å². The van der Waals surface area contributed by atoms with Crippen LogP contribution in [0.3, 0.4) is 0 Å². The molecule has 0 amide bonds. The lowest BCUT2D eigenvalue weighted by Gasteiger charge is -2.32. The molecule has 1 aromatic rings. The number of halogens is 2. The minimum absolute atomic E-state index is 0.0567. The molecule has 1 aliphatic heterocycles. The first-order chi connectivity index (χ1) is 9.22. The third-order valence-electron chi connectivity index (χ3n) is 3.16. The van der Waals surface area contributed by atoms with E-state index in [1.165, 1.54) is 12.1 Å². The normalized spacial score (nSPS) is 23.3. The molecule has 1 fully saturated rings. The second kappa shape index (κ2) is 6.82. The molecule has 0 aliphatic carbocycles. The van der Waals surface area contributed by atoms with Crippen molar-refractivity contribution in [1.29, 1.82) is 0 Å². The van der Waals surface area contributed by atoms with Crippen molar-refractivity contribution in [1.82, 2.24) is 5.32 Å². The number of rotatable bonds is 5. The summed E-state index contributed by atoms with van der Waals surface area (Å²) in [6, 6.07) is 4.05. The average Bonchev–Trinajstić information content (AvgIpc) is 2.43. The monoisotopic (exact) mass is 271 g/mol. The molecule has 0 aromatic heterocycles. The summed E-state index contributed by atoms with van der Waals surface area (Å²) in [6.45, 7) is 3.99. The van der Waals surface area contributed by atoms with Crippen LogP contribution in [0, 0.1) is 11.6 Å². The van der Waals surface area contributed by atoms with E-state index in [9.17, 15) is 8.78 Å². The zero-order valence-electron chi connectivity index (χ0n) is 11.0. The minimum Gasteiger partial charge on any atom is -0.483 e. The van der Waals surface area contributed by atoms with Gasteiger partial charge in [-0.05, 0) is 31.5 Å². The lowest BCUT2D eigenvalue weighted by Crippen LogP contribution is -2.49. The Morgan fingerprint density at radius 2 is 2.26 bits per heavy atom. The molecule has 1 aromatic carbocycles. The largest absolute Gasteiger partial charge is 0.483 e. The van der Waals surface area contributed by atoms with Crippen LogP contribution < -0.4 is 10.1 Å². The lowest BCUT2D eigenvalue weighted by atomic mass is 10.1. The van der Waals surface area contributed by atoms with Gasteiger partial charge < -0.3 is 14.8 Å². The Bertz CT molecular complexity index is 414. The summed E-state index contributed by atoms with van der Waals surface area (Å²) in [4.78, 5) is 0. The van der Waals surface area contributed by atoms with Gasteiger partial charge >= 0.3 is 0 Å². The molecule has 0 bridgehead atoms. The van der Waals surface area contributed by atoms with Crippen molar-refractivity contribution >= 4 is 0 Å². The maximum Gasteiger partial charge on any atom is 0.200 e. The van der Waals surface area contributed by atoms with Crippen molar-refractivity contribution < 1.29 is 18.3 Å². The Labute approximate surface area is 111 Å². The van der Waals surface area contributed by atoms with Gasteiger partial charge in [-0.1, -0.05) is 13.0 Å². The second-order valence-corrected chi connectivity index (χ2v) is 4.63. The summed E-state index contributed by atoms with van der Waals surface area (Å²) in [7, 11) is 0. The van der Waals surface area contributed by atoms with Gasteiger partial charge in [-0.25, -0.2) is 4.39 Å². The molecule has 2 atom stereocenters. The van der Waals surface area contributed by atoms with Crippen molar-refractivity contribution in [2.75, 3.05) is 19.8 Å². The highest BCUT2D eigenvalue weighted by Gasteiger charge is 2.28. The zero-order valence-corrected chi connectivity index (χ0v) is 11.0. The number of hydrogen-bond donors (Lipinski definition) is 1. The molecule has 106 valence electrons. The van der Waals surface area contributed by atoms with Crippen LogP contribution in [0.25, 0.3) is 0 Å².